The fourth-order valence-electron chi connectivity index (χ4n) is 10.3. The highest BCUT2D eigenvalue weighted by molar-refractivity contribution is 5.76. The summed E-state index contributed by atoms with van der Waals surface area (Å²) in [6.45, 7) is 4.86. The Morgan fingerprint density at radius 3 is 1.09 bits per heavy atom. The molecule has 0 rings (SSSR count). The maximum Gasteiger partial charge on any atom is 0.305 e. The van der Waals surface area contributed by atoms with Crippen molar-refractivity contribution in [3.63, 3.8) is 0 Å². The van der Waals surface area contributed by atoms with Gasteiger partial charge in [0.1, 0.15) is 0 Å². The fraction of sp³-hybridized carbons (Fsp3) is 0.831. The molecule has 0 aromatic heterocycles. The Kier molecular flexibility index (Phi) is 64.0. The van der Waals surface area contributed by atoms with E-state index in [0.29, 0.717) is 19.4 Å². The van der Waals surface area contributed by atoms with Crippen LogP contribution in [0.2, 0.25) is 0 Å². The number of esters is 1. The number of nitrogens with one attached hydrogen (secondary N) is 1. The van der Waals surface area contributed by atoms with Crippen LogP contribution in [0.5, 0.6) is 0 Å². The summed E-state index contributed by atoms with van der Waals surface area (Å²) < 4.78 is 5.47. The van der Waals surface area contributed by atoms with Gasteiger partial charge in [-0.1, -0.05) is 306 Å². The third kappa shape index (κ3) is 62.6. The molecule has 0 saturated heterocycles. The Labute approximate surface area is 479 Å². The van der Waals surface area contributed by atoms with Gasteiger partial charge in [0.2, 0.25) is 5.91 Å². The van der Waals surface area contributed by atoms with Gasteiger partial charge in [-0.25, -0.2) is 0 Å². The molecule has 6 nitrogen and oxygen atoms in total. The molecule has 77 heavy (non-hydrogen) atoms. The van der Waals surface area contributed by atoms with E-state index in [1.807, 2.05) is 6.08 Å². The first kappa shape index (κ1) is 74.6. The average Bonchev–Trinajstić information content (AvgIpc) is 3.43. The molecule has 3 N–H and O–H groups in total. The van der Waals surface area contributed by atoms with Crippen molar-refractivity contribution in [1.82, 2.24) is 5.32 Å². The third-order valence-electron chi connectivity index (χ3n) is 15.5. The van der Waals surface area contributed by atoms with Crippen molar-refractivity contribution in [3.8, 4) is 0 Å². The van der Waals surface area contributed by atoms with Gasteiger partial charge in [0.05, 0.1) is 25.4 Å². The first-order chi connectivity index (χ1) is 38.0. The molecule has 1 amide bonds. The largest absolute Gasteiger partial charge is 0.466 e. The van der Waals surface area contributed by atoms with E-state index in [1.165, 1.54) is 244 Å². The van der Waals surface area contributed by atoms with Crippen LogP contribution >= 0.6 is 0 Å². The lowest BCUT2D eigenvalue weighted by Gasteiger charge is -2.20. The van der Waals surface area contributed by atoms with Gasteiger partial charge in [-0.15, -0.1) is 0 Å². The van der Waals surface area contributed by atoms with Crippen molar-refractivity contribution in [1.29, 1.82) is 0 Å². The fourth-order valence-corrected chi connectivity index (χ4v) is 10.3. The predicted molar refractivity (Wildman–Crippen MR) is 338 cm³/mol. The molecule has 0 aliphatic rings. The van der Waals surface area contributed by atoms with E-state index in [4.69, 9.17) is 4.74 Å². The standard InChI is InChI=1S/C71H131NO5/c1-3-5-7-9-11-13-15-17-19-21-23-24-25-28-31-35-39-43-47-51-55-59-63-69(74)68(67-73)72-70(75)64-60-56-52-48-44-40-36-32-29-26-30-34-38-42-46-50-54-58-62-66-77-71(76)65-61-57-53-49-45-41-37-33-27-22-20-18-16-14-12-10-8-6-4-2/h12,14,18,20,34,38,42,46,59,63,68-69,73-74H,3-11,13,15-17,19,21-33,35-37,39-41,43-45,47-58,60-62,64-67H2,1-2H3,(H,72,75)/b14-12-,20-18-,38-34-,46-42-,63-59+. The van der Waals surface area contributed by atoms with Gasteiger partial charge in [-0.05, 0) is 96.3 Å². The topological polar surface area (TPSA) is 95.9 Å². The van der Waals surface area contributed by atoms with Crippen LogP contribution in [0.1, 0.15) is 354 Å². The van der Waals surface area contributed by atoms with E-state index in [2.05, 4.69) is 67.8 Å². The molecule has 6 heteroatoms. The van der Waals surface area contributed by atoms with E-state index >= 15 is 0 Å². The lowest BCUT2D eigenvalue weighted by molar-refractivity contribution is -0.143. The van der Waals surface area contributed by atoms with Crippen LogP contribution in [-0.2, 0) is 14.3 Å². The van der Waals surface area contributed by atoms with Crippen LogP contribution in [0.3, 0.4) is 0 Å². The Balaban J connectivity index is 3.50. The Morgan fingerprint density at radius 2 is 0.688 bits per heavy atom. The molecule has 0 aliphatic heterocycles. The monoisotopic (exact) mass is 1080 g/mol. The molecule has 0 aromatic carbocycles. The number of ether oxygens (including phenoxy) is 1. The molecule has 0 spiro atoms. The van der Waals surface area contributed by atoms with Crippen LogP contribution in [0.15, 0.2) is 60.8 Å². The minimum Gasteiger partial charge on any atom is -0.466 e. The molecular formula is C71H131NO5. The summed E-state index contributed by atoms with van der Waals surface area (Å²) in [6, 6.07) is -0.638. The molecule has 0 heterocycles. The number of rotatable bonds is 63. The first-order valence-electron chi connectivity index (χ1n) is 34.1. The summed E-state index contributed by atoms with van der Waals surface area (Å²) >= 11 is 0. The van der Waals surface area contributed by atoms with Gasteiger partial charge in [0, 0.05) is 12.8 Å². The molecule has 0 aromatic rings. The van der Waals surface area contributed by atoms with Gasteiger partial charge < -0.3 is 20.3 Å². The minimum absolute atomic E-state index is 0.0179. The van der Waals surface area contributed by atoms with Crippen molar-refractivity contribution in [2.24, 2.45) is 0 Å². The van der Waals surface area contributed by atoms with Gasteiger partial charge in [0.15, 0.2) is 0 Å². The predicted octanol–water partition coefficient (Wildman–Crippen LogP) is 21.9. The highest BCUT2D eigenvalue weighted by atomic mass is 16.5. The lowest BCUT2D eigenvalue weighted by Crippen LogP contribution is -2.45. The molecule has 0 radical (unpaired) electrons. The summed E-state index contributed by atoms with van der Waals surface area (Å²) in [6.07, 6.45) is 87.1. The number of aliphatic hydroxyl groups is 2. The van der Waals surface area contributed by atoms with E-state index in [1.54, 1.807) is 6.08 Å². The van der Waals surface area contributed by atoms with Gasteiger partial charge in [-0.3, -0.25) is 9.59 Å². The third-order valence-corrected chi connectivity index (χ3v) is 15.5. The smallest absolute Gasteiger partial charge is 0.305 e. The average molecular weight is 1080 g/mol. The zero-order chi connectivity index (χ0) is 55.7. The number of carbonyl (C=O) groups is 2. The van der Waals surface area contributed by atoms with Crippen LogP contribution in [-0.4, -0.2) is 47.4 Å². The van der Waals surface area contributed by atoms with E-state index in [9.17, 15) is 19.8 Å². The Morgan fingerprint density at radius 1 is 0.377 bits per heavy atom. The van der Waals surface area contributed by atoms with Crippen molar-refractivity contribution in [3.05, 3.63) is 60.8 Å². The number of unbranched alkanes of at least 4 members (excludes halogenated alkanes) is 45. The second kappa shape index (κ2) is 66.1. The molecule has 450 valence electrons. The highest BCUT2D eigenvalue weighted by Gasteiger charge is 2.18. The zero-order valence-corrected chi connectivity index (χ0v) is 51.4. The van der Waals surface area contributed by atoms with Crippen LogP contribution in [0, 0.1) is 0 Å². The number of amides is 1. The summed E-state index contributed by atoms with van der Waals surface area (Å²) in [4.78, 5) is 24.6. The SMILES string of the molecule is CCCCC/C=C\C/C=C\CCCCCCCCCCCC(=O)OCCCCC/C=C\C=C/CCCCCCCCCCCCC(=O)NC(CO)C(O)/C=C/CCCCCCCCCCCCCCCCCCCCCC. The number of hydrogen-bond donors (Lipinski definition) is 3. The number of hydrogen-bond acceptors (Lipinski definition) is 5. The number of carbonyl (C=O) groups excluding carboxylic acids is 2. The van der Waals surface area contributed by atoms with Crippen molar-refractivity contribution in [2.45, 2.75) is 366 Å². The van der Waals surface area contributed by atoms with Gasteiger partial charge in [-0.2, -0.15) is 0 Å². The van der Waals surface area contributed by atoms with Gasteiger partial charge in [0.25, 0.3) is 0 Å². The van der Waals surface area contributed by atoms with Crippen molar-refractivity contribution in [2.75, 3.05) is 13.2 Å². The molecular weight excluding hydrogens is 947 g/mol. The maximum atomic E-state index is 12.5. The van der Waals surface area contributed by atoms with E-state index < -0.39 is 12.1 Å². The van der Waals surface area contributed by atoms with E-state index in [0.717, 1.165) is 83.5 Å². The summed E-state index contributed by atoms with van der Waals surface area (Å²) in [5.74, 6) is -0.0936. The second-order valence-electron chi connectivity index (χ2n) is 23.2. The number of aliphatic hydroxyl groups excluding tert-OH is 2. The van der Waals surface area contributed by atoms with Crippen molar-refractivity contribution >= 4 is 11.9 Å². The molecule has 0 fully saturated rings. The Hall–Kier alpha value is -2.44. The Bertz CT molecular complexity index is 1340. The molecule has 2 atom stereocenters. The van der Waals surface area contributed by atoms with Crippen LogP contribution in [0.4, 0.5) is 0 Å². The normalized spacial score (nSPS) is 12.9. The van der Waals surface area contributed by atoms with Crippen LogP contribution < -0.4 is 5.32 Å². The molecule has 0 aliphatic carbocycles. The minimum atomic E-state index is -0.854. The first-order valence-corrected chi connectivity index (χ1v) is 34.1. The quantitative estimate of drug-likeness (QED) is 0.0244. The second-order valence-corrected chi connectivity index (χ2v) is 23.2. The van der Waals surface area contributed by atoms with Crippen LogP contribution in [0.25, 0.3) is 0 Å². The lowest BCUT2D eigenvalue weighted by atomic mass is 10.0. The molecule has 0 bridgehead atoms. The molecule has 0 saturated carbocycles. The summed E-state index contributed by atoms with van der Waals surface area (Å²) in [5, 5.41) is 23.2. The maximum absolute atomic E-state index is 12.5. The summed E-state index contributed by atoms with van der Waals surface area (Å²) in [5.41, 5.74) is 0. The summed E-state index contributed by atoms with van der Waals surface area (Å²) in [7, 11) is 0. The highest BCUT2D eigenvalue weighted by Crippen LogP contribution is 2.17. The van der Waals surface area contributed by atoms with E-state index in [-0.39, 0.29) is 18.5 Å². The zero-order valence-electron chi connectivity index (χ0n) is 51.4. The van der Waals surface area contributed by atoms with Gasteiger partial charge >= 0.3 is 5.97 Å². The number of allylic oxidation sites excluding steroid dienone is 9. The molecule has 2 unspecified atom stereocenters. The van der Waals surface area contributed by atoms with Crippen molar-refractivity contribution < 1.29 is 24.5 Å².